The SMILES string of the molecule is Cc1cc(C)n(-c2ccc(=O)n(CCN3CCN(Cc4ccncn4)CC3)n2)n1. The first-order valence-electron chi connectivity index (χ1n) is 9.90. The maximum Gasteiger partial charge on any atom is 0.266 e. The normalized spacial score (nSPS) is 15.7. The molecule has 9 nitrogen and oxygen atoms in total. The van der Waals surface area contributed by atoms with Crippen LogP contribution in [0.25, 0.3) is 5.82 Å². The highest BCUT2D eigenvalue weighted by molar-refractivity contribution is 5.23. The van der Waals surface area contributed by atoms with Crippen LogP contribution in [0.5, 0.6) is 0 Å². The molecule has 1 aliphatic heterocycles. The number of aryl methyl sites for hydroxylation is 2. The third-order valence-electron chi connectivity index (χ3n) is 5.20. The third-order valence-corrected chi connectivity index (χ3v) is 5.20. The number of nitrogens with zero attached hydrogens (tertiary/aromatic N) is 8. The molecule has 0 aliphatic carbocycles. The summed E-state index contributed by atoms with van der Waals surface area (Å²) in [5, 5.41) is 8.98. The van der Waals surface area contributed by atoms with Gasteiger partial charge in [-0.2, -0.15) is 5.10 Å². The lowest BCUT2D eigenvalue weighted by Crippen LogP contribution is -2.47. The summed E-state index contributed by atoms with van der Waals surface area (Å²) < 4.78 is 3.32. The van der Waals surface area contributed by atoms with E-state index in [4.69, 9.17) is 0 Å². The number of rotatable bonds is 6. The molecule has 1 saturated heterocycles. The molecular weight excluding hydrogens is 368 g/mol. The van der Waals surface area contributed by atoms with Crippen molar-refractivity contribution >= 4 is 0 Å². The highest BCUT2D eigenvalue weighted by Gasteiger charge is 2.17. The molecule has 4 rings (SSSR count). The van der Waals surface area contributed by atoms with E-state index in [9.17, 15) is 4.79 Å². The Kier molecular flexibility index (Phi) is 5.77. The molecule has 1 fully saturated rings. The van der Waals surface area contributed by atoms with Crippen LogP contribution in [0.3, 0.4) is 0 Å². The average molecular weight is 394 g/mol. The topological polar surface area (TPSA) is 85.0 Å². The summed E-state index contributed by atoms with van der Waals surface area (Å²) in [6, 6.07) is 7.25. The van der Waals surface area contributed by atoms with Crippen molar-refractivity contribution < 1.29 is 0 Å². The summed E-state index contributed by atoms with van der Waals surface area (Å²) in [6.07, 6.45) is 3.37. The van der Waals surface area contributed by atoms with E-state index in [0.717, 1.165) is 56.4 Å². The monoisotopic (exact) mass is 394 g/mol. The van der Waals surface area contributed by atoms with Crippen LogP contribution in [-0.2, 0) is 13.1 Å². The first-order chi connectivity index (χ1) is 14.1. The molecule has 0 unspecified atom stereocenters. The van der Waals surface area contributed by atoms with Crippen molar-refractivity contribution in [2.45, 2.75) is 26.9 Å². The predicted molar refractivity (Wildman–Crippen MR) is 109 cm³/mol. The summed E-state index contributed by atoms with van der Waals surface area (Å²) in [5.41, 5.74) is 2.89. The van der Waals surface area contributed by atoms with Crippen molar-refractivity contribution in [1.29, 1.82) is 0 Å². The highest BCUT2D eigenvalue weighted by atomic mass is 16.1. The van der Waals surface area contributed by atoms with E-state index in [1.54, 1.807) is 34.0 Å². The van der Waals surface area contributed by atoms with Gasteiger partial charge in [-0.15, -0.1) is 5.10 Å². The summed E-state index contributed by atoms with van der Waals surface area (Å²) in [5.74, 6) is 0.671. The molecule has 0 radical (unpaired) electrons. The Morgan fingerprint density at radius 3 is 2.45 bits per heavy atom. The molecule has 0 spiro atoms. The van der Waals surface area contributed by atoms with Gasteiger partial charge in [0, 0.05) is 57.2 Å². The fraction of sp³-hybridized carbons (Fsp3) is 0.450. The van der Waals surface area contributed by atoms with Crippen LogP contribution in [0, 0.1) is 13.8 Å². The molecule has 0 bridgehead atoms. The maximum absolute atomic E-state index is 12.3. The van der Waals surface area contributed by atoms with E-state index in [-0.39, 0.29) is 5.56 Å². The quantitative estimate of drug-likeness (QED) is 0.607. The molecule has 3 aromatic rings. The summed E-state index contributed by atoms with van der Waals surface area (Å²) in [7, 11) is 0. The Balaban J connectivity index is 1.33. The molecule has 1 aliphatic rings. The van der Waals surface area contributed by atoms with Crippen LogP contribution in [-0.4, -0.2) is 72.1 Å². The van der Waals surface area contributed by atoms with Crippen LogP contribution in [0.1, 0.15) is 17.1 Å². The molecule has 0 N–H and O–H groups in total. The van der Waals surface area contributed by atoms with Crippen molar-refractivity contribution in [3.05, 3.63) is 64.2 Å². The lowest BCUT2D eigenvalue weighted by Gasteiger charge is -2.34. The Morgan fingerprint density at radius 1 is 0.966 bits per heavy atom. The van der Waals surface area contributed by atoms with Gasteiger partial charge in [0.2, 0.25) is 0 Å². The van der Waals surface area contributed by atoms with Crippen LogP contribution in [0.2, 0.25) is 0 Å². The second-order valence-electron chi connectivity index (χ2n) is 7.41. The van der Waals surface area contributed by atoms with Crippen molar-refractivity contribution in [2.75, 3.05) is 32.7 Å². The van der Waals surface area contributed by atoms with E-state index in [1.165, 1.54) is 0 Å². The van der Waals surface area contributed by atoms with Gasteiger partial charge in [0.05, 0.1) is 17.9 Å². The van der Waals surface area contributed by atoms with Crippen LogP contribution in [0.15, 0.2) is 41.6 Å². The molecular formula is C20H26N8O. The maximum atomic E-state index is 12.3. The van der Waals surface area contributed by atoms with E-state index < -0.39 is 0 Å². The van der Waals surface area contributed by atoms with Gasteiger partial charge in [-0.1, -0.05) is 0 Å². The van der Waals surface area contributed by atoms with Crippen molar-refractivity contribution in [3.63, 3.8) is 0 Å². The Bertz CT molecular complexity index is 1000. The minimum Gasteiger partial charge on any atom is -0.299 e. The van der Waals surface area contributed by atoms with Crippen LogP contribution < -0.4 is 5.56 Å². The molecule has 152 valence electrons. The molecule has 0 aromatic carbocycles. The van der Waals surface area contributed by atoms with Crippen molar-refractivity contribution in [3.8, 4) is 5.82 Å². The smallest absolute Gasteiger partial charge is 0.266 e. The van der Waals surface area contributed by atoms with Crippen LogP contribution >= 0.6 is 0 Å². The van der Waals surface area contributed by atoms with Gasteiger partial charge in [-0.25, -0.2) is 19.3 Å². The van der Waals surface area contributed by atoms with Crippen molar-refractivity contribution in [2.24, 2.45) is 0 Å². The second kappa shape index (κ2) is 8.62. The van der Waals surface area contributed by atoms with E-state index in [2.05, 4.69) is 30.0 Å². The number of piperazine rings is 1. The van der Waals surface area contributed by atoms with Gasteiger partial charge < -0.3 is 0 Å². The standard InChI is InChI=1S/C20H26N8O/c1-16-13-17(2)28(23-16)19-3-4-20(29)27(24-19)12-11-25-7-9-26(10-8-25)14-18-5-6-21-15-22-18/h3-6,13,15H,7-12,14H2,1-2H3. The lowest BCUT2D eigenvalue weighted by molar-refractivity contribution is 0.121. The fourth-order valence-corrected chi connectivity index (χ4v) is 3.62. The molecule has 9 heteroatoms. The van der Waals surface area contributed by atoms with Gasteiger partial charge in [-0.05, 0) is 32.0 Å². The number of hydrogen-bond donors (Lipinski definition) is 0. The minimum absolute atomic E-state index is 0.0855. The van der Waals surface area contributed by atoms with Gasteiger partial charge >= 0.3 is 0 Å². The Morgan fingerprint density at radius 2 is 1.76 bits per heavy atom. The van der Waals surface area contributed by atoms with Crippen molar-refractivity contribution in [1.82, 2.24) is 39.3 Å². The average Bonchev–Trinajstić information content (AvgIpc) is 3.07. The zero-order valence-electron chi connectivity index (χ0n) is 16.9. The first kappa shape index (κ1) is 19.4. The largest absolute Gasteiger partial charge is 0.299 e. The zero-order chi connectivity index (χ0) is 20.2. The molecule has 3 aromatic heterocycles. The molecule has 0 atom stereocenters. The molecule has 0 saturated carbocycles. The zero-order valence-corrected chi connectivity index (χ0v) is 16.9. The fourth-order valence-electron chi connectivity index (χ4n) is 3.62. The summed E-state index contributed by atoms with van der Waals surface area (Å²) in [6.45, 7) is 10.1. The number of hydrogen-bond acceptors (Lipinski definition) is 7. The summed E-state index contributed by atoms with van der Waals surface area (Å²) in [4.78, 5) is 25.3. The first-order valence-corrected chi connectivity index (χ1v) is 9.90. The molecule has 0 amide bonds. The lowest BCUT2D eigenvalue weighted by atomic mass is 10.3. The Labute approximate surface area is 169 Å². The summed E-state index contributed by atoms with van der Waals surface area (Å²) >= 11 is 0. The van der Waals surface area contributed by atoms with E-state index in [0.29, 0.717) is 12.4 Å². The molecule has 29 heavy (non-hydrogen) atoms. The van der Waals surface area contributed by atoms with Gasteiger partial charge in [0.25, 0.3) is 5.56 Å². The molecule has 4 heterocycles. The van der Waals surface area contributed by atoms with E-state index >= 15 is 0 Å². The second-order valence-corrected chi connectivity index (χ2v) is 7.41. The van der Waals surface area contributed by atoms with Gasteiger partial charge in [0.15, 0.2) is 5.82 Å². The minimum atomic E-state index is -0.0855. The van der Waals surface area contributed by atoms with Gasteiger partial charge in [0.1, 0.15) is 6.33 Å². The van der Waals surface area contributed by atoms with Gasteiger partial charge in [-0.3, -0.25) is 14.6 Å². The third kappa shape index (κ3) is 4.75. The van der Waals surface area contributed by atoms with E-state index in [1.807, 2.05) is 26.0 Å². The van der Waals surface area contributed by atoms with Crippen LogP contribution in [0.4, 0.5) is 0 Å². The Hall–Kier alpha value is -2.91. The predicted octanol–water partition coefficient (Wildman–Crippen LogP) is 0.654. The highest BCUT2D eigenvalue weighted by Crippen LogP contribution is 2.09. The number of aromatic nitrogens is 6.